The van der Waals surface area contributed by atoms with Crippen LogP contribution in [0.15, 0.2) is 21.2 Å². The molecule has 5 nitrogen and oxygen atoms in total. The monoisotopic (exact) mass is 334 g/mol. The summed E-state index contributed by atoms with van der Waals surface area (Å²) in [6.07, 6.45) is 0.479. The van der Waals surface area contributed by atoms with E-state index >= 15 is 0 Å². The number of methoxy groups -OCH3 is 1. The Bertz CT molecular complexity index is 422. The van der Waals surface area contributed by atoms with Gasteiger partial charge in [0, 0.05) is 26.6 Å². The first-order valence-electron chi connectivity index (χ1n) is 5.36. The summed E-state index contributed by atoms with van der Waals surface area (Å²) in [6, 6.07) is 3.29. The molecule has 1 heterocycles. The first-order valence-corrected chi connectivity index (χ1v) is 6.56. The summed E-state index contributed by atoms with van der Waals surface area (Å²) in [5.74, 6) is 0.0786. The van der Waals surface area contributed by atoms with Gasteiger partial charge in [-0.2, -0.15) is 0 Å². The van der Waals surface area contributed by atoms with Gasteiger partial charge in [-0.05, 0) is 28.1 Å². The quantitative estimate of drug-likeness (QED) is 0.770. The minimum absolute atomic E-state index is 0.200. The largest absolute Gasteiger partial charge is 0.444 e. The third-order valence-electron chi connectivity index (χ3n) is 2.26. The van der Waals surface area contributed by atoms with Crippen LogP contribution in [-0.4, -0.2) is 42.6 Å². The molecule has 18 heavy (non-hydrogen) atoms. The van der Waals surface area contributed by atoms with Crippen LogP contribution in [-0.2, 0) is 4.74 Å². The van der Waals surface area contributed by atoms with Gasteiger partial charge in [-0.1, -0.05) is 12.2 Å². The van der Waals surface area contributed by atoms with Gasteiger partial charge in [-0.3, -0.25) is 4.79 Å². The van der Waals surface area contributed by atoms with Gasteiger partial charge in [-0.25, -0.2) is 0 Å². The highest BCUT2D eigenvalue weighted by Crippen LogP contribution is 2.16. The van der Waals surface area contributed by atoms with Gasteiger partial charge in [-0.15, -0.1) is 0 Å². The van der Waals surface area contributed by atoms with Crippen LogP contribution in [0.1, 0.15) is 17.0 Å². The van der Waals surface area contributed by atoms with Crippen LogP contribution in [0.2, 0.25) is 0 Å². The molecule has 0 spiro atoms. The van der Waals surface area contributed by atoms with Crippen LogP contribution in [0.3, 0.4) is 0 Å². The topological polar surface area (TPSA) is 68.7 Å². The van der Waals surface area contributed by atoms with Crippen molar-refractivity contribution in [1.82, 2.24) is 4.90 Å². The number of hydrogen-bond acceptors (Lipinski definition) is 4. The Labute approximate surface area is 119 Å². The fraction of sp³-hybridized carbons (Fsp3) is 0.455. The highest BCUT2D eigenvalue weighted by atomic mass is 79.9. The Balaban J connectivity index is 2.68. The van der Waals surface area contributed by atoms with Crippen molar-refractivity contribution in [3.63, 3.8) is 0 Å². The normalized spacial score (nSPS) is 10.3. The average molecular weight is 335 g/mol. The van der Waals surface area contributed by atoms with E-state index in [0.29, 0.717) is 35.8 Å². The molecule has 0 aliphatic carbocycles. The molecule has 0 saturated heterocycles. The molecule has 0 atom stereocenters. The number of thiocarbonyl (C=S) groups is 1. The summed E-state index contributed by atoms with van der Waals surface area (Å²) < 4.78 is 10.7. The van der Waals surface area contributed by atoms with Gasteiger partial charge in [0.15, 0.2) is 10.4 Å². The lowest BCUT2D eigenvalue weighted by atomic mass is 10.3. The van der Waals surface area contributed by atoms with E-state index < -0.39 is 0 Å². The molecule has 0 aromatic carbocycles. The van der Waals surface area contributed by atoms with E-state index in [-0.39, 0.29) is 11.7 Å². The highest BCUT2D eigenvalue weighted by Gasteiger charge is 2.18. The van der Waals surface area contributed by atoms with Crippen molar-refractivity contribution >= 4 is 39.0 Å². The third kappa shape index (κ3) is 4.75. The third-order valence-corrected chi connectivity index (χ3v) is 2.89. The van der Waals surface area contributed by atoms with Crippen molar-refractivity contribution in [2.24, 2.45) is 5.73 Å². The molecular formula is C11H15BrN2O3S. The van der Waals surface area contributed by atoms with E-state index in [1.807, 2.05) is 0 Å². The Kier molecular flexibility index (Phi) is 6.31. The molecule has 1 amide bonds. The first kappa shape index (κ1) is 15.1. The van der Waals surface area contributed by atoms with Gasteiger partial charge >= 0.3 is 0 Å². The van der Waals surface area contributed by atoms with Crippen molar-refractivity contribution < 1.29 is 13.9 Å². The first-order chi connectivity index (χ1) is 8.54. The van der Waals surface area contributed by atoms with Crippen molar-refractivity contribution in [3.05, 3.63) is 22.6 Å². The number of amides is 1. The number of carbonyl (C=O) groups excluding carboxylic acids is 1. The van der Waals surface area contributed by atoms with E-state index in [0.717, 1.165) is 0 Å². The molecule has 0 bridgehead atoms. The number of furan rings is 1. The Morgan fingerprint density at radius 3 is 2.78 bits per heavy atom. The van der Waals surface area contributed by atoms with Gasteiger partial charge in [0.1, 0.15) is 0 Å². The Morgan fingerprint density at radius 1 is 1.56 bits per heavy atom. The Morgan fingerprint density at radius 2 is 2.28 bits per heavy atom. The lowest BCUT2D eigenvalue weighted by Gasteiger charge is -2.20. The van der Waals surface area contributed by atoms with Crippen LogP contribution >= 0.6 is 28.1 Å². The molecule has 0 unspecified atom stereocenters. The molecule has 1 aromatic rings. The summed E-state index contributed by atoms with van der Waals surface area (Å²) in [5, 5.41) is 0. The maximum atomic E-state index is 12.1. The molecule has 7 heteroatoms. The zero-order valence-corrected chi connectivity index (χ0v) is 12.4. The van der Waals surface area contributed by atoms with Crippen molar-refractivity contribution in [1.29, 1.82) is 0 Å². The van der Waals surface area contributed by atoms with Crippen molar-refractivity contribution in [3.8, 4) is 0 Å². The second-order valence-corrected chi connectivity index (χ2v) is 4.91. The fourth-order valence-corrected chi connectivity index (χ4v) is 1.74. The molecular weight excluding hydrogens is 320 g/mol. The lowest BCUT2D eigenvalue weighted by Crippen LogP contribution is -2.36. The van der Waals surface area contributed by atoms with Gasteiger partial charge in [0.25, 0.3) is 5.91 Å². The van der Waals surface area contributed by atoms with E-state index in [9.17, 15) is 4.79 Å². The predicted octanol–water partition coefficient (Wildman–Crippen LogP) is 1.81. The number of ether oxygens (including phenoxy) is 1. The maximum absolute atomic E-state index is 12.1. The lowest BCUT2D eigenvalue weighted by molar-refractivity contribution is 0.0669. The summed E-state index contributed by atoms with van der Waals surface area (Å²) in [7, 11) is 1.58. The fourth-order valence-electron chi connectivity index (χ4n) is 1.35. The van der Waals surface area contributed by atoms with Gasteiger partial charge < -0.3 is 19.8 Å². The molecule has 0 radical (unpaired) electrons. The van der Waals surface area contributed by atoms with Gasteiger partial charge in [0.2, 0.25) is 0 Å². The number of hydrogen-bond donors (Lipinski definition) is 1. The molecule has 1 rings (SSSR count). The SMILES string of the molecule is COCCN(CCC(N)=S)C(=O)c1ccc(Br)o1. The van der Waals surface area contributed by atoms with Crippen molar-refractivity contribution in [2.75, 3.05) is 26.8 Å². The zero-order valence-electron chi connectivity index (χ0n) is 10.0. The number of carbonyl (C=O) groups is 1. The summed E-state index contributed by atoms with van der Waals surface area (Å²) >= 11 is 7.97. The maximum Gasteiger partial charge on any atom is 0.289 e. The Hall–Kier alpha value is -0.920. The van der Waals surface area contributed by atoms with Crippen LogP contribution in [0, 0.1) is 0 Å². The minimum Gasteiger partial charge on any atom is -0.444 e. The summed E-state index contributed by atoms with van der Waals surface area (Å²) in [5.41, 5.74) is 5.44. The standard InChI is InChI=1S/C11H15BrN2O3S/c1-16-7-6-14(5-4-10(13)18)11(15)8-2-3-9(12)17-8/h2-3H,4-7H2,1H3,(H2,13,18). The minimum atomic E-state index is -0.200. The smallest absolute Gasteiger partial charge is 0.289 e. The second-order valence-electron chi connectivity index (χ2n) is 3.61. The van der Waals surface area contributed by atoms with E-state index in [1.54, 1.807) is 24.1 Å². The van der Waals surface area contributed by atoms with Crippen molar-refractivity contribution in [2.45, 2.75) is 6.42 Å². The highest BCUT2D eigenvalue weighted by molar-refractivity contribution is 9.10. The van der Waals surface area contributed by atoms with Crippen LogP contribution < -0.4 is 5.73 Å². The van der Waals surface area contributed by atoms with Gasteiger partial charge in [0.05, 0.1) is 11.6 Å². The van der Waals surface area contributed by atoms with E-state index in [1.165, 1.54) is 0 Å². The molecule has 1 aromatic heterocycles. The number of nitrogens with two attached hydrogens (primary N) is 1. The molecule has 0 fully saturated rings. The molecule has 2 N–H and O–H groups in total. The van der Waals surface area contributed by atoms with Crippen LogP contribution in [0.5, 0.6) is 0 Å². The summed E-state index contributed by atoms with van der Waals surface area (Å²) in [6.45, 7) is 1.37. The van der Waals surface area contributed by atoms with Crippen LogP contribution in [0.4, 0.5) is 0 Å². The number of rotatable bonds is 7. The number of halogens is 1. The summed E-state index contributed by atoms with van der Waals surface area (Å²) in [4.78, 5) is 14.1. The zero-order chi connectivity index (χ0) is 13.5. The molecule has 0 aliphatic heterocycles. The second kappa shape index (κ2) is 7.50. The molecule has 0 saturated carbocycles. The van der Waals surface area contributed by atoms with Crippen LogP contribution in [0.25, 0.3) is 0 Å². The predicted molar refractivity (Wildman–Crippen MR) is 75.6 cm³/mol. The number of nitrogens with zero attached hydrogens (tertiary/aromatic N) is 1. The molecule has 0 aliphatic rings. The molecule has 100 valence electrons. The van der Waals surface area contributed by atoms with E-state index in [2.05, 4.69) is 15.9 Å². The van der Waals surface area contributed by atoms with E-state index in [4.69, 9.17) is 27.1 Å². The average Bonchev–Trinajstić information content (AvgIpc) is 2.75.